The van der Waals surface area contributed by atoms with Crippen molar-refractivity contribution >= 4 is 10.9 Å². The molecule has 1 aromatic heterocycles. The smallest absolute Gasteiger partial charge is 0.162 e. The van der Waals surface area contributed by atoms with Crippen molar-refractivity contribution in [2.45, 2.75) is 0 Å². The third kappa shape index (κ3) is 2.03. The monoisotopic (exact) mass is 253 g/mol. The third-order valence-corrected chi connectivity index (χ3v) is 3.21. The maximum atomic E-state index is 5.32. The third-order valence-electron chi connectivity index (χ3n) is 3.21. The number of ether oxygens (including phenoxy) is 2. The van der Waals surface area contributed by atoms with Crippen LogP contribution in [0.5, 0.6) is 11.5 Å². The van der Waals surface area contributed by atoms with E-state index in [0.29, 0.717) is 0 Å². The quantitative estimate of drug-likeness (QED) is 0.769. The van der Waals surface area contributed by atoms with Gasteiger partial charge in [-0.3, -0.25) is 0 Å². The molecule has 1 heterocycles. The van der Waals surface area contributed by atoms with Gasteiger partial charge in [-0.2, -0.15) is 0 Å². The number of aromatic nitrogens is 1. The fourth-order valence-electron chi connectivity index (χ4n) is 2.23. The Kier molecular flexibility index (Phi) is 2.88. The summed E-state index contributed by atoms with van der Waals surface area (Å²) in [6.07, 6.45) is 0. The molecule has 3 rings (SSSR count). The molecule has 0 amide bonds. The van der Waals surface area contributed by atoms with Crippen LogP contribution in [0.1, 0.15) is 0 Å². The Morgan fingerprint density at radius 3 is 2.21 bits per heavy atom. The lowest BCUT2D eigenvalue weighted by Gasteiger charge is -2.06. The number of methoxy groups -OCH3 is 2. The van der Waals surface area contributed by atoms with Gasteiger partial charge in [0.25, 0.3) is 0 Å². The average Bonchev–Trinajstić information content (AvgIpc) is 2.89. The predicted molar refractivity (Wildman–Crippen MR) is 76.8 cm³/mol. The van der Waals surface area contributed by atoms with E-state index in [0.717, 1.165) is 33.7 Å². The Labute approximate surface area is 111 Å². The molecule has 0 radical (unpaired) electrons. The molecule has 3 nitrogen and oxygen atoms in total. The van der Waals surface area contributed by atoms with Gasteiger partial charge >= 0.3 is 0 Å². The van der Waals surface area contributed by atoms with Crippen molar-refractivity contribution in [1.29, 1.82) is 0 Å². The first-order chi connectivity index (χ1) is 9.31. The zero-order chi connectivity index (χ0) is 13.2. The zero-order valence-electron chi connectivity index (χ0n) is 10.9. The Bertz CT molecular complexity index is 660. The molecule has 0 saturated heterocycles. The number of rotatable bonds is 3. The van der Waals surface area contributed by atoms with Crippen molar-refractivity contribution in [3.05, 3.63) is 48.5 Å². The van der Waals surface area contributed by atoms with Gasteiger partial charge in [-0.15, -0.1) is 0 Å². The largest absolute Gasteiger partial charge is 0.493 e. The first-order valence-corrected chi connectivity index (χ1v) is 6.12. The van der Waals surface area contributed by atoms with Crippen LogP contribution in [0.25, 0.3) is 22.2 Å². The summed E-state index contributed by atoms with van der Waals surface area (Å²) in [7, 11) is 3.29. The van der Waals surface area contributed by atoms with E-state index in [9.17, 15) is 0 Å². The molecule has 0 bridgehead atoms. The predicted octanol–water partition coefficient (Wildman–Crippen LogP) is 3.85. The number of benzene rings is 2. The minimum absolute atomic E-state index is 0.733. The molecule has 0 spiro atoms. The molecule has 0 atom stereocenters. The molecule has 0 aliphatic heterocycles. The fraction of sp³-hybridized carbons (Fsp3) is 0.125. The summed E-state index contributed by atoms with van der Waals surface area (Å²) in [5.74, 6) is 1.48. The van der Waals surface area contributed by atoms with Crippen LogP contribution in [0.3, 0.4) is 0 Å². The summed E-state index contributed by atoms with van der Waals surface area (Å²) >= 11 is 0. The highest BCUT2D eigenvalue weighted by molar-refractivity contribution is 5.88. The van der Waals surface area contributed by atoms with Crippen molar-refractivity contribution in [2.24, 2.45) is 0 Å². The van der Waals surface area contributed by atoms with Gasteiger partial charge < -0.3 is 14.5 Å². The number of nitrogens with one attached hydrogen (secondary N) is 1. The molecule has 0 aliphatic carbocycles. The number of hydrogen-bond acceptors (Lipinski definition) is 2. The number of H-pyrrole nitrogens is 1. The Morgan fingerprint density at radius 2 is 1.53 bits per heavy atom. The molecule has 0 aliphatic rings. The molecule has 19 heavy (non-hydrogen) atoms. The Morgan fingerprint density at radius 1 is 0.842 bits per heavy atom. The summed E-state index contributed by atoms with van der Waals surface area (Å²) in [4.78, 5) is 3.40. The molecular weight excluding hydrogens is 238 g/mol. The van der Waals surface area contributed by atoms with E-state index in [-0.39, 0.29) is 0 Å². The number of fused-ring (bicyclic) bond motifs is 1. The van der Waals surface area contributed by atoms with Crippen LogP contribution in [-0.4, -0.2) is 19.2 Å². The van der Waals surface area contributed by atoms with Gasteiger partial charge in [0.05, 0.1) is 14.2 Å². The van der Waals surface area contributed by atoms with Crippen molar-refractivity contribution < 1.29 is 9.47 Å². The summed E-state index contributed by atoms with van der Waals surface area (Å²) in [5.41, 5.74) is 3.29. The highest BCUT2D eigenvalue weighted by Crippen LogP contribution is 2.34. The minimum Gasteiger partial charge on any atom is -0.493 e. The molecule has 3 heteroatoms. The standard InChI is InChI=1S/C16H15NO2/c1-18-15-9-12-8-13(11-6-4-3-5-7-11)17-14(12)10-16(15)19-2/h3-10,17H,1-2H3. The first-order valence-electron chi connectivity index (χ1n) is 6.12. The van der Waals surface area contributed by atoms with Crippen molar-refractivity contribution in [3.8, 4) is 22.8 Å². The molecule has 2 aromatic carbocycles. The number of hydrogen-bond donors (Lipinski definition) is 1. The SMILES string of the molecule is COc1cc2cc(-c3ccccc3)[nH]c2cc1OC. The Hall–Kier alpha value is -2.42. The maximum Gasteiger partial charge on any atom is 0.162 e. The van der Waals surface area contributed by atoms with Gasteiger partial charge in [0.2, 0.25) is 0 Å². The van der Waals surface area contributed by atoms with E-state index in [1.807, 2.05) is 30.3 Å². The van der Waals surface area contributed by atoms with Gasteiger partial charge in [0, 0.05) is 22.7 Å². The summed E-state index contributed by atoms with van der Waals surface area (Å²) in [6, 6.07) is 16.3. The van der Waals surface area contributed by atoms with Crippen LogP contribution in [0, 0.1) is 0 Å². The van der Waals surface area contributed by atoms with Gasteiger partial charge in [-0.25, -0.2) is 0 Å². The molecule has 0 saturated carbocycles. The minimum atomic E-state index is 0.733. The highest BCUT2D eigenvalue weighted by atomic mass is 16.5. The second kappa shape index (κ2) is 4.69. The summed E-state index contributed by atoms with van der Waals surface area (Å²) in [5, 5.41) is 1.11. The van der Waals surface area contributed by atoms with E-state index in [1.165, 1.54) is 0 Å². The second-order valence-corrected chi connectivity index (χ2v) is 4.34. The lowest BCUT2D eigenvalue weighted by atomic mass is 10.1. The average molecular weight is 253 g/mol. The van der Waals surface area contributed by atoms with Crippen LogP contribution in [0.4, 0.5) is 0 Å². The Balaban J connectivity index is 2.16. The zero-order valence-corrected chi connectivity index (χ0v) is 10.9. The summed E-state index contributed by atoms with van der Waals surface area (Å²) < 4.78 is 10.6. The van der Waals surface area contributed by atoms with Crippen molar-refractivity contribution in [2.75, 3.05) is 14.2 Å². The maximum absolute atomic E-state index is 5.32. The molecule has 0 fully saturated rings. The lowest BCUT2D eigenvalue weighted by Crippen LogP contribution is -1.89. The van der Waals surface area contributed by atoms with Crippen LogP contribution >= 0.6 is 0 Å². The lowest BCUT2D eigenvalue weighted by molar-refractivity contribution is 0.356. The van der Waals surface area contributed by atoms with E-state index in [1.54, 1.807) is 14.2 Å². The van der Waals surface area contributed by atoms with Crippen LogP contribution < -0.4 is 9.47 Å². The van der Waals surface area contributed by atoms with Crippen molar-refractivity contribution in [1.82, 2.24) is 4.98 Å². The summed E-state index contributed by atoms with van der Waals surface area (Å²) in [6.45, 7) is 0. The van der Waals surface area contributed by atoms with Crippen LogP contribution in [0.2, 0.25) is 0 Å². The second-order valence-electron chi connectivity index (χ2n) is 4.34. The number of aromatic amines is 1. The fourth-order valence-corrected chi connectivity index (χ4v) is 2.23. The molecule has 1 N–H and O–H groups in total. The molecular formula is C16H15NO2. The van der Waals surface area contributed by atoms with Gasteiger partial charge in [-0.1, -0.05) is 30.3 Å². The molecule has 96 valence electrons. The highest BCUT2D eigenvalue weighted by Gasteiger charge is 2.09. The van der Waals surface area contributed by atoms with E-state index in [2.05, 4.69) is 23.2 Å². The normalized spacial score (nSPS) is 10.6. The first kappa shape index (κ1) is 11.7. The molecule has 3 aromatic rings. The van der Waals surface area contributed by atoms with E-state index < -0.39 is 0 Å². The van der Waals surface area contributed by atoms with Crippen LogP contribution in [-0.2, 0) is 0 Å². The van der Waals surface area contributed by atoms with Gasteiger partial charge in [-0.05, 0) is 17.7 Å². The van der Waals surface area contributed by atoms with Crippen LogP contribution in [0.15, 0.2) is 48.5 Å². The van der Waals surface area contributed by atoms with Gasteiger partial charge in [0.1, 0.15) is 0 Å². The van der Waals surface area contributed by atoms with Crippen molar-refractivity contribution in [3.63, 3.8) is 0 Å². The topological polar surface area (TPSA) is 34.2 Å². The molecule has 0 unspecified atom stereocenters. The van der Waals surface area contributed by atoms with Gasteiger partial charge in [0.15, 0.2) is 11.5 Å². The van der Waals surface area contributed by atoms with E-state index >= 15 is 0 Å². The van der Waals surface area contributed by atoms with E-state index in [4.69, 9.17) is 9.47 Å².